The second kappa shape index (κ2) is 5.16. The van der Waals surface area contributed by atoms with Gasteiger partial charge in [0.1, 0.15) is 12.2 Å². The van der Waals surface area contributed by atoms with Crippen molar-refractivity contribution >= 4 is 5.97 Å². The first-order valence-corrected chi connectivity index (χ1v) is 4.46. The molecule has 15 heavy (non-hydrogen) atoms. The highest BCUT2D eigenvalue weighted by atomic mass is 19.1. The van der Waals surface area contributed by atoms with Crippen LogP contribution in [0.2, 0.25) is 0 Å². The van der Waals surface area contributed by atoms with Gasteiger partial charge < -0.3 is 4.74 Å². The Balaban J connectivity index is 2.80. The number of esters is 1. The Hall–Kier alpha value is -1.82. The van der Waals surface area contributed by atoms with Gasteiger partial charge in [-0.25, -0.2) is 4.39 Å². The van der Waals surface area contributed by atoms with E-state index in [1.54, 1.807) is 19.1 Å². The minimum atomic E-state index is -0.392. The van der Waals surface area contributed by atoms with Crippen LogP contribution in [0.25, 0.3) is 0 Å². The number of rotatable bonds is 1. The van der Waals surface area contributed by atoms with Crippen molar-refractivity contribution in [1.29, 1.82) is 0 Å². The molecule has 1 aromatic rings. The van der Waals surface area contributed by atoms with E-state index in [0.717, 1.165) is 0 Å². The van der Waals surface area contributed by atoms with Gasteiger partial charge in [-0.1, -0.05) is 17.9 Å². The van der Waals surface area contributed by atoms with Crippen molar-refractivity contribution in [3.63, 3.8) is 0 Å². The summed E-state index contributed by atoms with van der Waals surface area (Å²) in [4.78, 5) is 10.8. The van der Waals surface area contributed by atoms with Gasteiger partial charge in [0.2, 0.25) is 0 Å². The third-order valence-electron chi connectivity index (χ3n) is 1.95. The summed E-state index contributed by atoms with van der Waals surface area (Å²) >= 11 is 0. The van der Waals surface area contributed by atoms with Crippen molar-refractivity contribution < 1.29 is 13.9 Å². The zero-order valence-corrected chi connectivity index (χ0v) is 8.63. The van der Waals surface area contributed by atoms with E-state index in [9.17, 15) is 9.18 Å². The molecule has 0 aliphatic carbocycles. The zero-order valence-electron chi connectivity index (χ0n) is 8.63. The van der Waals surface area contributed by atoms with Crippen LogP contribution in [0, 0.1) is 24.6 Å². The Kier molecular flexibility index (Phi) is 3.87. The summed E-state index contributed by atoms with van der Waals surface area (Å²) in [5.74, 6) is 4.67. The van der Waals surface area contributed by atoms with Crippen molar-refractivity contribution in [2.75, 3.05) is 7.11 Å². The van der Waals surface area contributed by atoms with Crippen LogP contribution in [0.4, 0.5) is 4.39 Å². The SMILES string of the molecule is COC(=O)CC#Cc1cccc(F)c1C. The van der Waals surface area contributed by atoms with E-state index in [-0.39, 0.29) is 12.2 Å². The largest absolute Gasteiger partial charge is 0.468 e. The van der Waals surface area contributed by atoms with E-state index in [1.807, 2.05) is 0 Å². The summed E-state index contributed by atoms with van der Waals surface area (Å²) in [6.07, 6.45) is 0.0203. The summed E-state index contributed by atoms with van der Waals surface area (Å²) in [5, 5.41) is 0. The molecule has 1 aromatic carbocycles. The van der Waals surface area contributed by atoms with Crippen LogP contribution in [-0.2, 0) is 9.53 Å². The highest BCUT2D eigenvalue weighted by Crippen LogP contribution is 2.10. The molecule has 0 aliphatic rings. The second-order valence-electron chi connectivity index (χ2n) is 2.97. The lowest BCUT2D eigenvalue weighted by molar-refractivity contribution is -0.139. The third kappa shape index (κ3) is 3.10. The lowest BCUT2D eigenvalue weighted by atomic mass is 10.1. The summed E-state index contributed by atoms with van der Waals surface area (Å²) in [7, 11) is 1.30. The zero-order chi connectivity index (χ0) is 11.3. The van der Waals surface area contributed by atoms with Crippen molar-refractivity contribution in [1.82, 2.24) is 0 Å². The van der Waals surface area contributed by atoms with Crippen LogP contribution in [0.1, 0.15) is 17.5 Å². The standard InChI is InChI=1S/C12H11FO2/c1-9-10(5-3-7-11(9)13)6-4-8-12(14)15-2/h3,5,7H,8H2,1-2H3. The highest BCUT2D eigenvalue weighted by molar-refractivity contribution is 5.72. The number of carbonyl (C=O) groups is 1. The molecule has 0 saturated heterocycles. The van der Waals surface area contributed by atoms with Crippen molar-refractivity contribution in [2.45, 2.75) is 13.3 Å². The predicted octanol–water partition coefficient (Wildman–Crippen LogP) is 2.05. The fourth-order valence-corrected chi connectivity index (χ4v) is 1.03. The molecule has 2 nitrogen and oxygen atoms in total. The molecule has 0 bridgehead atoms. The van der Waals surface area contributed by atoms with E-state index < -0.39 is 5.97 Å². The third-order valence-corrected chi connectivity index (χ3v) is 1.95. The van der Waals surface area contributed by atoms with Gasteiger partial charge in [-0.2, -0.15) is 0 Å². The summed E-state index contributed by atoms with van der Waals surface area (Å²) < 4.78 is 17.5. The first kappa shape index (κ1) is 11.3. The number of ether oxygens (including phenoxy) is 1. The lowest BCUT2D eigenvalue weighted by Gasteiger charge is -1.98. The second-order valence-corrected chi connectivity index (χ2v) is 2.97. The molecule has 78 valence electrons. The van der Waals surface area contributed by atoms with Gasteiger partial charge in [0, 0.05) is 11.1 Å². The highest BCUT2D eigenvalue weighted by Gasteiger charge is 2.00. The molecular weight excluding hydrogens is 195 g/mol. The fraction of sp³-hybridized carbons (Fsp3) is 0.250. The van der Waals surface area contributed by atoms with Crippen LogP contribution in [-0.4, -0.2) is 13.1 Å². The van der Waals surface area contributed by atoms with Gasteiger partial charge in [-0.3, -0.25) is 4.79 Å². The Labute approximate surface area is 88.1 Å². The number of halogens is 1. The normalized spacial score (nSPS) is 9.00. The molecular formula is C12H11FO2. The van der Waals surface area contributed by atoms with Gasteiger partial charge in [0.15, 0.2) is 0 Å². The Morgan fingerprint density at radius 3 is 2.93 bits per heavy atom. The number of carbonyl (C=O) groups excluding carboxylic acids is 1. The number of benzene rings is 1. The number of methoxy groups -OCH3 is 1. The van der Waals surface area contributed by atoms with Crippen LogP contribution < -0.4 is 0 Å². The van der Waals surface area contributed by atoms with Crippen molar-refractivity contribution in [3.8, 4) is 11.8 Å². The molecule has 0 N–H and O–H groups in total. The molecule has 0 amide bonds. The Morgan fingerprint density at radius 1 is 1.53 bits per heavy atom. The van der Waals surface area contributed by atoms with Crippen LogP contribution in [0.3, 0.4) is 0 Å². The molecule has 0 atom stereocenters. The van der Waals surface area contributed by atoms with Gasteiger partial charge in [0.05, 0.1) is 7.11 Å². The minimum absolute atomic E-state index is 0.0203. The van der Waals surface area contributed by atoms with E-state index >= 15 is 0 Å². The Morgan fingerprint density at radius 2 is 2.27 bits per heavy atom. The molecule has 0 unspecified atom stereocenters. The van der Waals surface area contributed by atoms with Crippen LogP contribution >= 0.6 is 0 Å². The lowest BCUT2D eigenvalue weighted by Crippen LogP contribution is -1.97. The maximum Gasteiger partial charge on any atom is 0.317 e. The predicted molar refractivity (Wildman–Crippen MR) is 54.6 cm³/mol. The number of hydrogen-bond acceptors (Lipinski definition) is 2. The topological polar surface area (TPSA) is 26.3 Å². The fourth-order valence-electron chi connectivity index (χ4n) is 1.03. The van der Waals surface area contributed by atoms with Crippen molar-refractivity contribution in [3.05, 3.63) is 35.1 Å². The average molecular weight is 206 g/mol. The monoisotopic (exact) mass is 206 g/mol. The van der Waals surface area contributed by atoms with Gasteiger partial charge >= 0.3 is 5.97 Å². The van der Waals surface area contributed by atoms with E-state index in [2.05, 4.69) is 16.6 Å². The van der Waals surface area contributed by atoms with Gasteiger partial charge in [0.25, 0.3) is 0 Å². The minimum Gasteiger partial charge on any atom is -0.468 e. The molecule has 3 heteroatoms. The van der Waals surface area contributed by atoms with Gasteiger partial charge in [-0.05, 0) is 19.1 Å². The first-order valence-electron chi connectivity index (χ1n) is 4.46. The smallest absolute Gasteiger partial charge is 0.317 e. The van der Waals surface area contributed by atoms with E-state index in [1.165, 1.54) is 13.2 Å². The molecule has 0 fully saturated rings. The quantitative estimate of drug-likeness (QED) is 0.519. The maximum absolute atomic E-state index is 13.1. The molecule has 0 aliphatic heterocycles. The average Bonchev–Trinajstić information content (AvgIpc) is 2.24. The van der Waals surface area contributed by atoms with Crippen LogP contribution in [0.15, 0.2) is 18.2 Å². The molecule has 0 heterocycles. The maximum atomic E-state index is 13.1. The molecule has 0 spiro atoms. The van der Waals surface area contributed by atoms with E-state index in [4.69, 9.17) is 0 Å². The summed E-state index contributed by atoms with van der Waals surface area (Å²) in [6, 6.07) is 4.67. The van der Waals surface area contributed by atoms with Crippen LogP contribution in [0.5, 0.6) is 0 Å². The molecule has 0 saturated carbocycles. The first-order chi connectivity index (χ1) is 7.15. The molecule has 0 aromatic heterocycles. The van der Waals surface area contributed by atoms with Crippen molar-refractivity contribution in [2.24, 2.45) is 0 Å². The number of hydrogen-bond donors (Lipinski definition) is 0. The van der Waals surface area contributed by atoms with Gasteiger partial charge in [-0.15, -0.1) is 0 Å². The summed E-state index contributed by atoms with van der Waals surface area (Å²) in [6.45, 7) is 1.65. The molecule has 1 rings (SSSR count). The van der Waals surface area contributed by atoms with E-state index in [0.29, 0.717) is 11.1 Å². The summed E-state index contributed by atoms with van der Waals surface area (Å²) in [5.41, 5.74) is 1.09. The molecule has 0 radical (unpaired) electrons. The Bertz CT molecular complexity index is 427.